The second kappa shape index (κ2) is 11.1. The number of carbonyl (C=O) groups is 1. The van der Waals surface area contributed by atoms with Gasteiger partial charge in [0.25, 0.3) is 0 Å². The van der Waals surface area contributed by atoms with E-state index in [4.69, 9.17) is 9.47 Å². The fraction of sp³-hybridized carbons (Fsp3) is 0.406. The molecule has 0 radical (unpaired) electrons. The van der Waals surface area contributed by atoms with E-state index in [1.807, 2.05) is 32.0 Å². The Morgan fingerprint density at radius 3 is 2.27 bits per heavy atom. The first-order valence-electron chi connectivity index (χ1n) is 13.4. The minimum absolute atomic E-state index is 0.0618. The van der Waals surface area contributed by atoms with Gasteiger partial charge in [-0.3, -0.25) is 4.90 Å². The molecule has 3 aromatic carbocycles. The van der Waals surface area contributed by atoms with Crippen LogP contribution in [0.4, 0.5) is 22.4 Å². The first kappa shape index (κ1) is 29.4. The summed E-state index contributed by atoms with van der Waals surface area (Å²) in [4.78, 5) is 14.7. The Hall–Kier alpha value is -3.55. The van der Waals surface area contributed by atoms with Crippen molar-refractivity contribution >= 4 is 6.09 Å². The Morgan fingerprint density at radius 2 is 1.68 bits per heavy atom. The van der Waals surface area contributed by atoms with E-state index in [2.05, 4.69) is 13.8 Å². The molecule has 0 N–H and O–H groups in total. The average molecular weight is 558 g/mol. The molecule has 1 fully saturated rings. The summed E-state index contributed by atoms with van der Waals surface area (Å²) < 4.78 is 66.5. The van der Waals surface area contributed by atoms with Gasteiger partial charge in [0.15, 0.2) is 0 Å². The largest absolute Gasteiger partial charge is 0.496 e. The molecular formula is C32H35F4NO3. The molecule has 1 amide bonds. The summed E-state index contributed by atoms with van der Waals surface area (Å²) in [6, 6.07) is 12.3. The van der Waals surface area contributed by atoms with Crippen molar-refractivity contribution in [1.82, 2.24) is 4.90 Å². The highest BCUT2D eigenvalue weighted by atomic mass is 19.4. The van der Waals surface area contributed by atoms with Gasteiger partial charge in [0.05, 0.1) is 25.3 Å². The molecule has 1 heterocycles. The minimum atomic E-state index is -4.51. The zero-order valence-electron chi connectivity index (χ0n) is 23.8. The number of alkyl halides is 3. The van der Waals surface area contributed by atoms with Crippen LogP contribution in [0.3, 0.4) is 0 Å². The SMILES string of the molecule is COc1cc(F)c(C(C)C)cc1-c1ccc(C(C)C)cc1CN1C(=O)OC(c2cc(C)cc(C(F)(F)F)c2)[C@@H]1C. The molecule has 0 spiro atoms. The number of hydrogen-bond acceptors (Lipinski definition) is 3. The van der Waals surface area contributed by atoms with E-state index < -0.39 is 30.0 Å². The molecule has 0 aromatic heterocycles. The van der Waals surface area contributed by atoms with Crippen LogP contribution in [-0.4, -0.2) is 24.1 Å². The van der Waals surface area contributed by atoms with Gasteiger partial charge in [-0.2, -0.15) is 13.2 Å². The van der Waals surface area contributed by atoms with E-state index in [9.17, 15) is 22.4 Å². The highest BCUT2D eigenvalue weighted by Crippen LogP contribution is 2.41. The van der Waals surface area contributed by atoms with E-state index >= 15 is 0 Å². The van der Waals surface area contributed by atoms with Crippen LogP contribution in [0.25, 0.3) is 11.1 Å². The summed E-state index contributed by atoms with van der Waals surface area (Å²) in [6.07, 6.45) is -5.98. The van der Waals surface area contributed by atoms with Crippen LogP contribution in [0.5, 0.6) is 5.75 Å². The highest BCUT2D eigenvalue weighted by Gasteiger charge is 2.41. The van der Waals surface area contributed by atoms with Crippen molar-refractivity contribution in [2.24, 2.45) is 0 Å². The Labute approximate surface area is 232 Å². The molecule has 4 nitrogen and oxygen atoms in total. The van der Waals surface area contributed by atoms with Crippen LogP contribution >= 0.6 is 0 Å². The Bertz CT molecular complexity index is 1410. The second-order valence-electron chi connectivity index (χ2n) is 11.1. The molecular weight excluding hydrogens is 522 g/mol. The number of halogens is 4. The molecule has 0 saturated carbocycles. The molecule has 4 rings (SSSR count). The molecule has 1 aliphatic heterocycles. The third-order valence-electron chi connectivity index (χ3n) is 7.52. The van der Waals surface area contributed by atoms with Gasteiger partial charge in [-0.1, -0.05) is 57.5 Å². The van der Waals surface area contributed by atoms with Crippen molar-refractivity contribution in [2.45, 2.75) is 78.2 Å². The van der Waals surface area contributed by atoms with Crippen molar-refractivity contribution < 1.29 is 31.8 Å². The smallest absolute Gasteiger partial charge is 0.416 e. The van der Waals surface area contributed by atoms with E-state index in [1.54, 1.807) is 26.0 Å². The number of rotatable bonds is 7. The second-order valence-corrected chi connectivity index (χ2v) is 11.1. The third-order valence-corrected chi connectivity index (χ3v) is 7.52. The fourth-order valence-electron chi connectivity index (χ4n) is 5.24. The van der Waals surface area contributed by atoms with Gasteiger partial charge < -0.3 is 9.47 Å². The van der Waals surface area contributed by atoms with Crippen LogP contribution in [0.2, 0.25) is 0 Å². The van der Waals surface area contributed by atoms with Gasteiger partial charge in [0.2, 0.25) is 0 Å². The summed E-state index contributed by atoms with van der Waals surface area (Å²) in [5, 5.41) is 0. The quantitative estimate of drug-likeness (QED) is 0.272. The van der Waals surface area contributed by atoms with Crippen LogP contribution < -0.4 is 4.74 Å². The molecule has 214 valence electrons. The zero-order chi connectivity index (χ0) is 29.5. The zero-order valence-corrected chi connectivity index (χ0v) is 23.8. The first-order chi connectivity index (χ1) is 18.7. The summed E-state index contributed by atoms with van der Waals surface area (Å²) in [5.74, 6) is 0.160. The van der Waals surface area contributed by atoms with E-state index in [0.717, 1.165) is 28.8 Å². The molecule has 40 heavy (non-hydrogen) atoms. The maximum absolute atomic E-state index is 14.8. The van der Waals surface area contributed by atoms with Crippen molar-refractivity contribution in [3.05, 3.63) is 87.7 Å². The lowest BCUT2D eigenvalue weighted by molar-refractivity contribution is -0.137. The number of ether oxygens (including phenoxy) is 2. The maximum Gasteiger partial charge on any atom is 0.416 e. The summed E-state index contributed by atoms with van der Waals surface area (Å²) in [7, 11) is 1.48. The molecule has 3 aromatic rings. The van der Waals surface area contributed by atoms with Crippen LogP contribution in [0, 0.1) is 12.7 Å². The lowest BCUT2D eigenvalue weighted by Crippen LogP contribution is -2.31. The average Bonchev–Trinajstić information content (AvgIpc) is 3.15. The van der Waals surface area contributed by atoms with Gasteiger partial charge in [0.1, 0.15) is 17.7 Å². The number of cyclic esters (lactones) is 1. The standard InChI is InChI=1S/C32H35F4NO3/c1-17(2)21-8-9-25(27-14-26(18(3)4)28(33)15-29(27)39-7)23(12-21)16-37-20(6)30(40-31(37)38)22-10-19(5)11-24(13-22)32(34,35)36/h8-15,17-18,20,30H,16H2,1-7H3/t20-,30?/m0/s1. The first-order valence-corrected chi connectivity index (χ1v) is 13.4. The Kier molecular flexibility index (Phi) is 8.20. The number of benzene rings is 3. The number of nitrogens with zero attached hydrogens (tertiary/aromatic N) is 1. The summed E-state index contributed by atoms with van der Waals surface area (Å²) >= 11 is 0. The Morgan fingerprint density at radius 1 is 0.975 bits per heavy atom. The van der Waals surface area contributed by atoms with Gasteiger partial charge in [-0.15, -0.1) is 0 Å². The number of amides is 1. The highest BCUT2D eigenvalue weighted by molar-refractivity contribution is 5.76. The molecule has 8 heteroatoms. The summed E-state index contributed by atoms with van der Waals surface area (Å²) in [6.45, 7) is 11.5. The summed E-state index contributed by atoms with van der Waals surface area (Å²) in [5.41, 5.74) is 3.83. The fourth-order valence-corrected chi connectivity index (χ4v) is 5.24. The minimum Gasteiger partial charge on any atom is -0.496 e. The van der Waals surface area contributed by atoms with E-state index in [-0.39, 0.29) is 24.2 Å². The van der Waals surface area contributed by atoms with Gasteiger partial charge in [-0.05, 0) is 71.7 Å². The van der Waals surface area contributed by atoms with Crippen molar-refractivity contribution in [1.29, 1.82) is 0 Å². The van der Waals surface area contributed by atoms with E-state index in [1.165, 1.54) is 18.1 Å². The molecule has 1 unspecified atom stereocenters. The molecule has 0 bridgehead atoms. The third kappa shape index (κ3) is 5.81. The van der Waals surface area contributed by atoms with Crippen LogP contribution in [0.15, 0.2) is 48.5 Å². The van der Waals surface area contributed by atoms with Crippen molar-refractivity contribution in [3.8, 4) is 16.9 Å². The van der Waals surface area contributed by atoms with Gasteiger partial charge >= 0.3 is 12.3 Å². The number of hydrogen-bond donors (Lipinski definition) is 0. The number of methoxy groups -OCH3 is 1. The van der Waals surface area contributed by atoms with Crippen molar-refractivity contribution in [2.75, 3.05) is 7.11 Å². The van der Waals surface area contributed by atoms with E-state index in [0.29, 0.717) is 28.0 Å². The lowest BCUT2D eigenvalue weighted by atomic mass is 9.90. The number of carbonyl (C=O) groups excluding carboxylic acids is 1. The normalized spacial score (nSPS) is 17.6. The number of aryl methyl sites for hydroxylation is 1. The molecule has 1 saturated heterocycles. The topological polar surface area (TPSA) is 38.8 Å². The molecule has 0 aliphatic carbocycles. The predicted octanol–water partition coefficient (Wildman–Crippen LogP) is 9.16. The lowest BCUT2D eigenvalue weighted by Gasteiger charge is -2.24. The predicted molar refractivity (Wildman–Crippen MR) is 147 cm³/mol. The van der Waals surface area contributed by atoms with Crippen molar-refractivity contribution in [3.63, 3.8) is 0 Å². The monoisotopic (exact) mass is 557 g/mol. The molecule has 1 aliphatic rings. The maximum atomic E-state index is 14.8. The molecule has 2 atom stereocenters. The van der Waals surface area contributed by atoms with Gasteiger partial charge in [0, 0.05) is 11.6 Å². The van der Waals surface area contributed by atoms with Crippen LogP contribution in [0.1, 0.15) is 85.9 Å². The van der Waals surface area contributed by atoms with Crippen LogP contribution in [-0.2, 0) is 17.5 Å². The van der Waals surface area contributed by atoms with Gasteiger partial charge in [-0.25, -0.2) is 9.18 Å². The Balaban J connectivity index is 1.77.